The van der Waals surface area contributed by atoms with E-state index in [1.165, 1.54) is 44.8 Å². The maximum absolute atomic E-state index is 12.8. The summed E-state index contributed by atoms with van der Waals surface area (Å²) in [5, 5.41) is 0. The molecule has 2 heterocycles. The molecule has 166 valence electrons. The summed E-state index contributed by atoms with van der Waals surface area (Å²) in [6.45, 7) is 4.48. The van der Waals surface area contributed by atoms with Crippen molar-refractivity contribution in [3.05, 3.63) is 29.8 Å². The lowest BCUT2D eigenvalue weighted by atomic mass is 10.1. The highest BCUT2D eigenvalue weighted by Gasteiger charge is 2.26. The van der Waals surface area contributed by atoms with E-state index < -0.39 is 10.0 Å². The van der Waals surface area contributed by atoms with Crippen LogP contribution in [0.5, 0.6) is 0 Å². The fraction of sp³-hybridized carbons (Fsp3) is 0.600. The Morgan fingerprint density at radius 2 is 1.53 bits per heavy atom. The standard InChI is InChI=1S/C20H30N4O5S/c1-21(29-2)30(27,28)18-8-6-17(7-9-18)20(26)24-14-12-22(13-15-24)16-19(25)23-10-4-3-5-11-23/h6-9H,3-5,10-16H2,1-2H3. The van der Waals surface area contributed by atoms with Crippen molar-refractivity contribution in [2.75, 3.05) is 60.0 Å². The molecule has 0 radical (unpaired) electrons. The minimum atomic E-state index is -3.74. The van der Waals surface area contributed by atoms with Crippen molar-refractivity contribution in [2.45, 2.75) is 24.2 Å². The second-order valence-corrected chi connectivity index (χ2v) is 9.57. The van der Waals surface area contributed by atoms with Crippen LogP contribution in [0.3, 0.4) is 0 Å². The van der Waals surface area contributed by atoms with Gasteiger partial charge in [0.1, 0.15) is 0 Å². The fourth-order valence-corrected chi connectivity index (χ4v) is 4.72. The van der Waals surface area contributed by atoms with Gasteiger partial charge in [0.2, 0.25) is 5.91 Å². The Bertz CT molecular complexity index is 844. The molecule has 2 aliphatic rings. The largest absolute Gasteiger partial charge is 0.342 e. The van der Waals surface area contributed by atoms with E-state index in [4.69, 9.17) is 4.84 Å². The van der Waals surface area contributed by atoms with Gasteiger partial charge in [-0.1, -0.05) is 4.47 Å². The number of sulfonamides is 1. The molecule has 0 atom stereocenters. The Morgan fingerprint density at radius 1 is 0.933 bits per heavy atom. The van der Waals surface area contributed by atoms with Gasteiger partial charge in [0.25, 0.3) is 15.9 Å². The molecule has 0 N–H and O–H groups in total. The van der Waals surface area contributed by atoms with E-state index in [0.29, 0.717) is 38.3 Å². The van der Waals surface area contributed by atoms with E-state index in [0.717, 1.165) is 30.4 Å². The molecule has 0 spiro atoms. The van der Waals surface area contributed by atoms with Crippen LogP contribution in [0.4, 0.5) is 0 Å². The van der Waals surface area contributed by atoms with E-state index in [1.54, 1.807) is 4.90 Å². The lowest BCUT2D eigenvalue weighted by Gasteiger charge is -2.36. The quantitative estimate of drug-likeness (QED) is 0.606. The molecule has 2 saturated heterocycles. The zero-order valence-corrected chi connectivity index (χ0v) is 18.4. The molecule has 30 heavy (non-hydrogen) atoms. The van der Waals surface area contributed by atoms with Gasteiger partial charge >= 0.3 is 0 Å². The average molecular weight is 439 g/mol. The van der Waals surface area contributed by atoms with E-state index in [2.05, 4.69) is 4.90 Å². The topological polar surface area (TPSA) is 90.5 Å². The molecule has 10 heteroatoms. The summed E-state index contributed by atoms with van der Waals surface area (Å²) >= 11 is 0. The third-order valence-corrected chi connectivity index (χ3v) is 7.42. The van der Waals surface area contributed by atoms with Gasteiger partial charge in [0.05, 0.1) is 18.6 Å². The van der Waals surface area contributed by atoms with Crippen LogP contribution in [-0.4, -0.2) is 99.4 Å². The van der Waals surface area contributed by atoms with Crippen LogP contribution in [0.1, 0.15) is 29.6 Å². The van der Waals surface area contributed by atoms with E-state index in [1.807, 2.05) is 4.90 Å². The first-order valence-electron chi connectivity index (χ1n) is 10.3. The third-order valence-electron chi connectivity index (χ3n) is 5.72. The maximum Gasteiger partial charge on any atom is 0.264 e. The number of benzene rings is 1. The SMILES string of the molecule is CON(C)S(=O)(=O)c1ccc(C(=O)N2CCN(CC(=O)N3CCCCC3)CC2)cc1. The molecular formula is C20H30N4O5S. The average Bonchev–Trinajstić information content (AvgIpc) is 2.79. The zero-order chi connectivity index (χ0) is 21.7. The van der Waals surface area contributed by atoms with Gasteiger partial charge in [-0.05, 0) is 43.5 Å². The van der Waals surface area contributed by atoms with Gasteiger partial charge in [-0.2, -0.15) is 0 Å². The van der Waals surface area contributed by atoms with Gasteiger partial charge < -0.3 is 9.80 Å². The van der Waals surface area contributed by atoms with Crippen molar-refractivity contribution >= 4 is 21.8 Å². The van der Waals surface area contributed by atoms with Crippen molar-refractivity contribution in [1.82, 2.24) is 19.2 Å². The van der Waals surface area contributed by atoms with E-state index >= 15 is 0 Å². The molecule has 9 nitrogen and oxygen atoms in total. The first-order chi connectivity index (χ1) is 14.3. The molecule has 2 amide bonds. The van der Waals surface area contributed by atoms with Crippen LogP contribution >= 0.6 is 0 Å². The number of likely N-dealkylation sites (tertiary alicyclic amines) is 1. The summed E-state index contributed by atoms with van der Waals surface area (Å²) in [7, 11) is -1.16. The molecule has 1 aromatic rings. The molecule has 2 aliphatic heterocycles. The first kappa shape index (κ1) is 22.7. The molecule has 2 fully saturated rings. The van der Waals surface area contributed by atoms with Crippen LogP contribution < -0.4 is 0 Å². The summed E-state index contributed by atoms with van der Waals surface area (Å²) in [4.78, 5) is 35.8. The smallest absolute Gasteiger partial charge is 0.264 e. The summed E-state index contributed by atoms with van der Waals surface area (Å²) in [5.74, 6) is 0.0355. The number of amides is 2. The highest BCUT2D eigenvalue weighted by Crippen LogP contribution is 2.17. The van der Waals surface area contributed by atoms with Gasteiger partial charge in [0.15, 0.2) is 0 Å². The Hall–Kier alpha value is -2.01. The number of nitrogens with zero attached hydrogens (tertiary/aromatic N) is 4. The maximum atomic E-state index is 12.8. The second-order valence-electron chi connectivity index (χ2n) is 7.63. The number of rotatable bonds is 6. The number of carbonyl (C=O) groups excluding carboxylic acids is 2. The minimum absolute atomic E-state index is 0.0597. The van der Waals surface area contributed by atoms with Crippen LogP contribution in [0, 0.1) is 0 Å². The normalized spacial score (nSPS) is 18.6. The van der Waals surface area contributed by atoms with Crippen molar-refractivity contribution in [3.8, 4) is 0 Å². The Balaban J connectivity index is 1.53. The number of hydroxylamine groups is 1. The molecular weight excluding hydrogens is 408 g/mol. The number of piperazine rings is 1. The third kappa shape index (κ3) is 5.18. The van der Waals surface area contributed by atoms with E-state index in [-0.39, 0.29) is 16.7 Å². The van der Waals surface area contributed by atoms with Crippen LogP contribution in [0.2, 0.25) is 0 Å². The number of piperidine rings is 1. The fourth-order valence-electron chi connectivity index (χ4n) is 3.74. The number of hydrogen-bond donors (Lipinski definition) is 0. The van der Waals surface area contributed by atoms with Gasteiger partial charge in [-0.15, -0.1) is 0 Å². The van der Waals surface area contributed by atoms with Gasteiger partial charge in [0, 0.05) is 51.9 Å². The molecule has 0 aromatic heterocycles. The highest BCUT2D eigenvalue weighted by atomic mass is 32.2. The summed E-state index contributed by atoms with van der Waals surface area (Å²) in [6, 6.07) is 5.85. The lowest BCUT2D eigenvalue weighted by molar-refractivity contribution is -0.133. The monoisotopic (exact) mass is 438 g/mol. The summed E-state index contributed by atoms with van der Waals surface area (Å²) in [6.07, 6.45) is 3.35. The zero-order valence-electron chi connectivity index (χ0n) is 17.6. The van der Waals surface area contributed by atoms with Crippen LogP contribution in [0.15, 0.2) is 29.2 Å². The summed E-state index contributed by atoms with van der Waals surface area (Å²) in [5.41, 5.74) is 0.437. The van der Waals surface area contributed by atoms with Crippen LogP contribution in [0.25, 0.3) is 0 Å². The molecule has 0 unspecified atom stereocenters. The van der Waals surface area contributed by atoms with Crippen LogP contribution in [-0.2, 0) is 19.7 Å². The van der Waals surface area contributed by atoms with Crippen molar-refractivity contribution in [1.29, 1.82) is 0 Å². The predicted octanol–water partition coefficient (Wildman–Crippen LogP) is 0.639. The lowest BCUT2D eigenvalue weighted by Crippen LogP contribution is -2.52. The Morgan fingerprint density at radius 3 is 2.10 bits per heavy atom. The van der Waals surface area contributed by atoms with Crippen molar-refractivity contribution in [3.63, 3.8) is 0 Å². The Labute approximate surface area is 178 Å². The molecule has 0 saturated carbocycles. The molecule has 3 rings (SSSR count). The number of hydrogen-bond acceptors (Lipinski definition) is 6. The van der Waals surface area contributed by atoms with Gasteiger partial charge in [-0.25, -0.2) is 8.42 Å². The van der Waals surface area contributed by atoms with Gasteiger partial charge in [-0.3, -0.25) is 19.3 Å². The molecule has 0 aliphatic carbocycles. The van der Waals surface area contributed by atoms with Crippen molar-refractivity contribution in [2.24, 2.45) is 0 Å². The number of carbonyl (C=O) groups is 2. The van der Waals surface area contributed by atoms with E-state index in [9.17, 15) is 18.0 Å². The molecule has 0 bridgehead atoms. The second kappa shape index (κ2) is 9.86. The predicted molar refractivity (Wildman–Crippen MR) is 111 cm³/mol. The Kier molecular flexibility index (Phi) is 7.45. The summed E-state index contributed by atoms with van der Waals surface area (Å²) < 4.78 is 25.3. The molecule has 1 aromatic carbocycles. The minimum Gasteiger partial charge on any atom is -0.342 e. The highest BCUT2D eigenvalue weighted by molar-refractivity contribution is 7.89. The first-order valence-corrected chi connectivity index (χ1v) is 11.7. The van der Waals surface area contributed by atoms with Crippen molar-refractivity contribution < 1.29 is 22.8 Å².